The molecule has 1 aromatic heterocycles. The number of ether oxygens (including phenoxy) is 1. The highest BCUT2D eigenvalue weighted by atomic mass is 16.5. The molecule has 2 aliphatic heterocycles. The lowest BCUT2D eigenvalue weighted by molar-refractivity contribution is 0.0994. The van der Waals surface area contributed by atoms with Gasteiger partial charge in [0.1, 0.15) is 0 Å². The maximum Gasteiger partial charge on any atom is 0.231 e. The molecule has 0 radical (unpaired) electrons. The van der Waals surface area contributed by atoms with Crippen molar-refractivity contribution in [3.63, 3.8) is 0 Å². The number of nitrogens with zero attached hydrogens (tertiary/aromatic N) is 4. The van der Waals surface area contributed by atoms with Crippen LogP contribution in [-0.2, 0) is 4.74 Å². The molecule has 2 atom stereocenters. The van der Waals surface area contributed by atoms with Gasteiger partial charge in [-0.05, 0) is 32.6 Å². The summed E-state index contributed by atoms with van der Waals surface area (Å²) in [5.41, 5.74) is 0. The highest BCUT2D eigenvalue weighted by Gasteiger charge is 2.24. The molecule has 0 saturated carbocycles. The van der Waals surface area contributed by atoms with E-state index in [0.29, 0.717) is 11.9 Å². The number of hydrogen-bond donors (Lipinski definition) is 2. The van der Waals surface area contributed by atoms with Crippen LogP contribution in [0.25, 0.3) is 0 Å². The third kappa shape index (κ3) is 3.34. The molecule has 7 nitrogen and oxygen atoms in total. The molecular weight excluding hydrogens is 268 g/mol. The number of hydrogen-bond acceptors (Lipinski definition) is 7. The van der Waals surface area contributed by atoms with E-state index in [0.717, 1.165) is 38.5 Å². The summed E-state index contributed by atoms with van der Waals surface area (Å²) in [5.74, 6) is 1.99. The second-order valence-electron chi connectivity index (χ2n) is 5.71. The van der Waals surface area contributed by atoms with Gasteiger partial charge in [0.05, 0.1) is 12.1 Å². The maximum absolute atomic E-state index is 5.71. The van der Waals surface area contributed by atoms with Gasteiger partial charge < -0.3 is 20.3 Å². The fraction of sp³-hybridized carbons (Fsp3) is 0.786. The molecule has 0 aromatic carbocycles. The van der Waals surface area contributed by atoms with Crippen LogP contribution >= 0.6 is 0 Å². The van der Waals surface area contributed by atoms with Crippen LogP contribution in [0.2, 0.25) is 0 Å². The first-order chi connectivity index (χ1) is 10.3. The summed E-state index contributed by atoms with van der Waals surface area (Å²) in [6.07, 6.45) is 4.88. The zero-order chi connectivity index (χ0) is 14.7. The van der Waals surface area contributed by atoms with E-state index < -0.39 is 0 Å². The Kier molecular flexibility index (Phi) is 4.38. The van der Waals surface area contributed by atoms with Crippen molar-refractivity contribution in [2.75, 3.05) is 42.3 Å². The number of nitrogens with one attached hydrogen (secondary N) is 2. The zero-order valence-corrected chi connectivity index (χ0v) is 12.8. The zero-order valence-electron chi connectivity index (χ0n) is 12.8. The van der Waals surface area contributed by atoms with Gasteiger partial charge in [0, 0.05) is 26.7 Å². The fourth-order valence-electron chi connectivity index (χ4n) is 2.89. The largest absolute Gasteiger partial charge is 0.376 e. The fourth-order valence-corrected chi connectivity index (χ4v) is 2.89. The highest BCUT2D eigenvalue weighted by molar-refractivity contribution is 5.44. The predicted molar refractivity (Wildman–Crippen MR) is 82.9 cm³/mol. The van der Waals surface area contributed by atoms with Crippen LogP contribution in [0.4, 0.5) is 17.8 Å². The summed E-state index contributed by atoms with van der Waals surface area (Å²) in [7, 11) is 1.83. The second kappa shape index (κ2) is 6.43. The molecule has 2 fully saturated rings. The Morgan fingerprint density at radius 3 is 2.57 bits per heavy atom. The predicted octanol–water partition coefficient (Wildman–Crippen LogP) is 1.49. The minimum atomic E-state index is 0.200. The molecule has 7 heteroatoms. The average molecular weight is 292 g/mol. The van der Waals surface area contributed by atoms with E-state index in [2.05, 4.69) is 37.4 Å². The molecule has 0 spiro atoms. The Balaban J connectivity index is 1.75. The van der Waals surface area contributed by atoms with Crippen LogP contribution in [0.3, 0.4) is 0 Å². The normalized spacial score (nSPS) is 23.3. The van der Waals surface area contributed by atoms with E-state index in [1.165, 1.54) is 12.8 Å². The summed E-state index contributed by atoms with van der Waals surface area (Å²) in [6.45, 7) is 5.02. The first-order valence-corrected chi connectivity index (χ1v) is 7.83. The van der Waals surface area contributed by atoms with Crippen LogP contribution in [0, 0.1) is 0 Å². The molecule has 1 aromatic rings. The molecule has 2 unspecified atom stereocenters. The topological polar surface area (TPSA) is 75.2 Å². The molecule has 0 bridgehead atoms. The van der Waals surface area contributed by atoms with E-state index in [1.807, 2.05) is 7.05 Å². The SMILES string of the molecule is CNc1nc(NC(C)C2CCCO2)nc(N2CCCC2)n1. The van der Waals surface area contributed by atoms with Gasteiger partial charge in [-0.2, -0.15) is 15.0 Å². The third-order valence-electron chi connectivity index (χ3n) is 4.12. The van der Waals surface area contributed by atoms with Gasteiger partial charge in [0.2, 0.25) is 17.8 Å². The molecule has 2 N–H and O–H groups in total. The van der Waals surface area contributed by atoms with Crippen LogP contribution < -0.4 is 15.5 Å². The number of anilines is 3. The quantitative estimate of drug-likeness (QED) is 0.851. The van der Waals surface area contributed by atoms with E-state index in [-0.39, 0.29) is 12.1 Å². The smallest absolute Gasteiger partial charge is 0.231 e. The lowest BCUT2D eigenvalue weighted by atomic mass is 10.1. The molecule has 2 aliphatic rings. The molecule has 3 rings (SSSR count). The van der Waals surface area contributed by atoms with Crippen molar-refractivity contribution in [1.29, 1.82) is 0 Å². The molecular formula is C14H24N6O. The van der Waals surface area contributed by atoms with E-state index in [4.69, 9.17) is 4.74 Å². The van der Waals surface area contributed by atoms with Crippen molar-refractivity contribution in [3.05, 3.63) is 0 Å². The first kappa shape index (κ1) is 14.3. The minimum Gasteiger partial charge on any atom is -0.376 e. The Morgan fingerprint density at radius 2 is 1.90 bits per heavy atom. The molecule has 3 heterocycles. The number of aromatic nitrogens is 3. The van der Waals surface area contributed by atoms with Crippen molar-refractivity contribution in [3.8, 4) is 0 Å². The molecule has 21 heavy (non-hydrogen) atoms. The Labute approximate surface area is 125 Å². The van der Waals surface area contributed by atoms with E-state index in [1.54, 1.807) is 0 Å². The lowest BCUT2D eigenvalue weighted by Crippen LogP contribution is -2.31. The summed E-state index contributed by atoms with van der Waals surface area (Å²) >= 11 is 0. The monoisotopic (exact) mass is 292 g/mol. The van der Waals surface area contributed by atoms with Crippen LogP contribution in [-0.4, -0.2) is 53.8 Å². The van der Waals surface area contributed by atoms with Gasteiger partial charge in [-0.15, -0.1) is 0 Å². The Bertz CT molecular complexity index is 471. The summed E-state index contributed by atoms with van der Waals surface area (Å²) in [5, 5.41) is 6.38. The van der Waals surface area contributed by atoms with Crippen molar-refractivity contribution >= 4 is 17.8 Å². The van der Waals surface area contributed by atoms with Gasteiger partial charge in [-0.3, -0.25) is 0 Å². The van der Waals surface area contributed by atoms with Crippen molar-refractivity contribution in [1.82, 2.24) is 15.0 Å². The molecule has 116 valence electrons. The van der Waals surface area contributed by atoms with Crippen molar-refractivity contribution in [2.24, 2.45) is 0 Å². The molecule has 0 aliphatic carbocycles. The van der Waals surface area contributed by atoms with E-state index >= 15 is 0 Å². The van der Waals surface area contributed by atoms with Crippen molar-refractivity contribution in [2.45, 2.75) is 44.8 Å². The highest BCUT2D eigenvalue weighted by Crippen LogP contribution is 2.21. The first-order valence-electron chi connectivity index (χ1n) is 7.83. The van der Waals surface area contributed by atoms with Crippen LogP contribution in [0.1, 0.15) is 32.6 Å². The minimum absolute atomic E-state index is 0.200. The second-order valence-corrected chi connectivity index (χ2v) is 5.71. The van der Waals surface area contributed by atoms with Crippen molar-refractivity contribution < 1.29 is 4.74 Å². The van der Waals surface area contributed by atoms with Crippen LogP contribution in [0.5, 0.6) is 0 Å². The van der Waals surface area contributed by atoms with Gasteiger partial charge in [0.25, 0.3) is 0 Å². The Hall–Kier alpha value is -1.63. The maximum atomic E-state index is 5.71. The molecule has 0 amide bonds. The summed E-state index contributed by atoms with van der Waals surface area (Å²) < 4.78 is 5.71. The van der Waals surface area contributed by atoms with Gasteiger partial charge in [0.15, 0.2) is 0 Å². The van der Waals surface area contributed by atoms with Gasteiger partial charge in [-0.25, -0.2) is 0 Å². The Morgan fingerprint density at radius 1 is 1.14 bits per heavy atom. The lowest BCUT2D eigenvalue weighted by Gasteiger charge is -2.21. The molecule has 2 saturated heterocycles. The summed E-state index contributed by atoms with van der Waals surface area (Å²) in [4.78, 5) is 15.7. The summed E-state index contributed by atoms with van der Waals surface area (Å²) in [6, 6.07) is 0.200. The van der Waals surface area contributed by atoms with Gasteiger partial charge in [-0.1, -0.05) is 0 Å². The third-order valence-corrected chi connectivity index (χ3v) is 4.12. The average Bonchev–Trinajstić information content (AvgIpc) is 3.19. The standard InChI is InChI=1S/C14H24N6O/c1-10(11-6-5-9-21-11)16-13-17-12(15-2)18-14(19-13)20-7-3-4-8-20/h10-11H,3-9H2,1-2H3,(H2,15,16,17,18,19). The van der Waals surface area contributed by atoms with Crippen LogP contribution in [0.15, 0.2) is 0 Å². The van der Waals surface area contributed by atoms with E-state index in [9.17, 15) is 0 Å². The number of rotatable bonds is 5. The van der Waals surface area contributed by atoms with Gasteiger partial charge >= 0.3 is 0 Å².